The molecule has 0 radical (unpaired) electrons. The maximum atomic E-state index is 4.37. The summed E-state index contributed by atoms with van der Waals surface area (Å²) >= 11 is 5.21. The van der Waals surface area contributed by atoms with Crippen LogP contribution in [0.4, 0.5) is 5.69 Å². The molecule has 0 saturated carbocycles. The summed E-state index contributed by atoms with van der Waals surface area (Å²) in [6.07, 6.45) is 3.63. The first-order chi connectivity index (χ1) is 10.8. The fraction of sp³-hybridized carbons (Fsp3) is 0.133. The molecule has 0 atom stereocenters. The van der Waals surface area contributed by atoms with Gasteiger partial charge in [0.1, 0.15) is 0 Å². The Morgan fingerprint density at radius 1 is 1.09 bits per heavy atom. The summed E-state index contributed by atoms with van der Waals surface area (Å²) in [5.74, 6) is 1.75. The average Bonchev–Trinajstić information content (AvgIpc) is 2.99. The van der Waals surface area contributed by atoms with Crippen molar-refractivity contribution in [1.29, 1.82) is 0 Å². The van der Waals surface area contributed by atoms with E-state index in [1.807, 2.05) is 36.7 Å². The second kappa shape index (κ2) is 5.73. The van der Waals surface area contributed by atoms with E-state index in [1.54, 1.807) is 11.8 Å². The van der Waals surface area contributed by atoms with E-state index in [4.69, 9.17) is 0 Å². The van der Waals surface area contributed by atoms with Gasteiger partial charge in [0.05, 0.1) is 12.5 Å². The maximum absolute atomic E-state index is 4.37. The highest BCUT2D eigenvalue weighted by Gasteiger charge is 2.22. The highest BCUT2D eigenvalue weighted by molar-refractivity contribution is 9.10. The summed E-state index contributed by atoms with van der Waals surface area (Å²) in [6.45, 7) is 0.737. The highest BCUT2D eigenvalue weighted by atomic mass is 79.9. The van der Waals surface area contributed by atoms with E-state index in [1.165, 1.54) is 0 Å². The Kier molecular flexibility index (Phi) is 3.59. The summed E-state index contributed by atoms with van der Waals surface area (Å²) in [4.78, 5) is 6.36. The fourth-order valence-electron chi connectivity index (χ4n) is 2.42. The molecule has 110 valence electrons. The van der Waals surface area contributed by atoms with Crippen molar-refractivity contribution in [1.82, 2.24) is 19.7 Å². The number of benzene rings is 1. The first-order valence-electron chi connectivity index (χ1n) is 6.78. The van der Waals surface area contributed by atoms with Crippen LogP contribution in [-0.2, 0) is 6.67 Å². The number of rotatable bonds is 2. The molecule has 0 bridgehead atoms. The molecule has 1 aliphatic rings. The van der Waals surface area contributed by atoms with Gasteiger partial charge in [-0.1, -0.05) is 39.8 Å². The first kappa shape index (κ1) is 13.8. The third-order valence-corrected chi connectivity index (χ3v) is 4.98. The number of thioether (sulfide) groups is 1. The molecule has 0 aliphatic carbocycles. The molecule has 2 aromatic heterocycles. The molecule has 3 heterocycles. The van der Waals surface area contributed by atoms with E-state index in [0.717, 1.165) is 39.2 Å². The van der Waals surface area contributed by atoms with Gasteiger partial charge < -0.3 is 4.90 Å². The standard InChI is InChI=1S/C15H12BrN5S/c16-12-3-1-2-11(8-12)14-18-19-15-21(14)9-20(10-22-15)13-4-6-17-7-5-13/h1-8H,9-10H2. The van der Waals surface area contributed by atoms with Crippen molar-refractivity contribution in [3.05, 3.63) is 53.3 Å². The van der Waals surface area contributed by atoms with Gasteiger partial charge in [-0.25, -0.2) is 0 Å². The predicted molar refractivity (Wildman–Crippen MR) is 90.6 cm³/mol. The molecule has 3 aromatic rings. The van der Waals surface area contributed by atoms with Crippen molar-refractivity contribution in [3.8, 4) is 11.4 Å². The highest BCUT2D eigenvalue weighted by Crippen LogP contribution is 2.31. The van der Waals surface area contributed by atoms with Crippen molar-refractivity contribution in [3.63, 3.8) is 0 Å². The summed E-state index contributed by atoms with van der Waals surface area (Å²) in [6, 6.07) is 12.2. The molecule has 7 heteroatoms. The summed E-state index contributed by atoms with van der Waals surface area (Å²) in [5, 5.41) is 9.64. The minimum Gasteiger partial charge on any atom is -0.343 e. The van der Waals surface area contributed by atoms with Crippen LogP contribution in [0.15, 0.2) is 58.4 Å². The Morgan fingerprint density at radius 3 is 2.77 bits per heavy atom. The van der Waals surface area contributed by atoms with E-state index in [-0.39, 0.29) is 0 Å². The lowest BCUT2D eigenvalue weighted by molar-refractivity contribution is 0.608. The molecular weight excluding hydrogens is 362 g/mol. The quantitative estimate of drug-likeness (QED) is 0.686. The zero-order chi connectivity index (χ0) is 14.9. The Bertz CT molecular complexity index is 805. The minimum atomic E-state index is 0.737. The zero-order valence-electron chi connectivity index (χ0n) is 11.6. The Hall–Kier alpha value is -1.86. The second-order valence-electron chi connectivity index (χ2n) is 4.90. The van der Waals surface area contributed by atoms with Crippen LogP contribution >= 0.6 is 27.7 Å². The van der Waals surface area contributed by atoms with E-state index >= 15 is 0 Å². The van der Waals surface area contributed by atoms with Crippen LogP contribution in [0.3, 0.4) is 0 Å². The number of anilines is 1. The number of fused-ring (bicyclic) bond motifs is 1. The van der Waals surface area contributed by atoms with E-state index in [2.05, 4.69) is 52.7 Å². The molecule has 0 unspecified atom stereocenters. The molecule has 1 aromatic carbocycles. The van der Waals surface area contributed by atoms with Gasteiger partial charge in [-0.2, -0.15) is 0 Å². The lowest BCUT2D eigenvalue weighted by atomic mass is 10.2. The minimum absolute atomic E-state index is 0.737. The van der Waals surface area contributed by atoms with E-state index < -0.39 is 0 Å². The Labute approximate surface area is 140 Å². The normalized spacial score (nSPS) is 14.0. The topological polar surface area (TPSA) is 46.8 Å². The average molecular weight is 374 g/mol. The van der Waals surface area contributed by atoms with Crippen molar-refractivity contribution in [2.45, 2.75) is 11.8 Å². The van der Waals surface area contributed by atoms with Gasteiger partial charge in [-0.05, 0) is 24.3 Å². The molecule has 0 spiro atoms. The molecule has 0 amide bonds. The fourth-order valence-corrected chi connectivity index (χ4v) is 3.72. The van der Waals surface area contributed by atoms with Crippen LogP contribution in [0, 0.1) is 0 Å². The molecular formula is C15H12BrN5S. The van der Waals surface area contributed by atoms with Crippen LogP contribution in [0.1, 0.15) is 0 Å². The Balaban J connectivity index is 1.71. The Morgan fingerprint density at radius 2 is 1.95 bits per heavy atom. The largest absolute Gasteiger partial charge is 0.343 e. The summed E-state index contributed by atoms with van der Waals surface area (Å²) in [5.41, 5.74) is 2.22. The lowest BCUT2D eigenvalue weighted by Gasteiger charge is -2.29. The maximum Gasteiger partial charge on any atom is 0.194 e. The molecule has 0 saturated heterocycles. The smallest absolute Gasteiger partial charge is 0.194 e. The molecule has 0 N–H and O–H groups in total. The predicted octanol–water partition coefficient (Wildman–Crippen LogP) is 3.63. The summed E-state index contributed by atoms with van der Waals surface area (Å²) in [7, 11) is 0. The number of aromatic nitrogens is 4. The van der Waals surface area contributed by atoms with Gasteiger partial charge in [0.25, 0.3) is 0 Å². The van der Waals surface area contributed by atoms with Gasteiger partial charge in [0, 0.05) is 28.1 Å². The SMILES string of the molecule is Brc1cccc(-c2nnc3n2CN(c2ccncc2)CS3)c1. The van der Waals surface area contributed by atoms with Crippen LogP contribution in [-0.4, -0.2) is 25.6 Å². The molecule has 22 heavy (non-hydrogen) atoms. The first-order valence-corrected chi connectivity index (χ1v) is 8.56. The van der Waals surface area contributed by atoms with Crippen molar-refractivity contribution in [2.75, 3.05) is 10.8 Å². The van der Waals surface area contributed by atoms with E-state index in [0.29, 0.717) is 0 Å². The van der Waals surface area contributed by atoms with Gasteiger partial charge in [0.15, 0.2) is 11.0 Å². The molecule has 1 aliphatic heterocycles. The van der Waals surface area contributed by atoms with Gasteiger partial charge in [0.2, 0.25) is 0 Å². The van der Waals surface area contributed by atoms with Crippen LogP contribution in [0.25, 0.3) is 11.4 Å². The third-order valence-electron chi connectivity index (χ3n) is 3.49. The molecule has 5 nitrogen and oxygen atoms in total. The molecule has 0 fully saturated rings. The lowest BCUT2D eigenvalue weighted by Crippen LogP contribution is -2.30. The number of hydrogen-bond acceptors (Lipinski definition) is 5. The third kappa shape index (κ3) is 2.50. The van der Waals surface area contributed by atoms with Crippen LogP contribution in [0.5, 0.6) is 0 Å². The van der Waals surface area contributed by atoms with Gasteiger partial charge in [-0.15, -0.1) is 10.2 Å². The van der Waals surface area contributed by atoms with Crippen LogP contribution < -0.4 is 4.90 Å². The molecule has 4 rings (SSSR count). The van der Waals surface area contributed by atoms with Gasteiger partial charge in [-0.3, -0.25) is 9.55 Å². The van der Waals surface area contributed by atoms with Crippen molar-refractivity contribution < 1.29 is 0 Å². The van der Waals surface area contributed by atoms with Gasteiger partial charge >= 0.3 is 0 Å². The number of pyridine rings is 1. The zero-order valence-corrected chi connectivity index (χ0v) is 14.0. The number of halogens is 1. The number of hydrogen-bond donors (Lipinski definition) is 0. The van der Waals surface area contributed by atoms with E-state index in [9.17, 15) is 0 Å². The van der Waals surface area contributed by atoms with Crippen molar-refractivity contribution >= 4 is 33.4 Å². The monoisotopic (exact) mass is 373 g/mol. The van der Waals surface area contributed by atoms with Crippen LogP contribution in [0.2, 0.25) is 0 Å². The summed E-state index contributed by atoms with van der Waals surface area (Å²) < 4.78 is 3.19. The number of nitrogens with zero attached hydrogens (tertiary/aromatic N) is 5. The van der Waals surface area contributed by atoms with Crippen molar-refractivity contribution in [2.24, 2.45) is 0 Å². The second-order valence-corrected chi connectivity index (χ2v) is 6.73.